The average Bonchev–Trinajstić information content (AvgIpc) is 3.04. The Labute approximate surface area is 171 Å². The molecular weight excluding hydrogens is 392 g/mol. The predicted molar refractivity (Wildman–Crippen MR) is 108 cm³/mol. The molecule has 0 radical (unpaired) electrons. The van der Waals surface area contributed by atoms with Gasteiger partial charge in [-0.1, -0.05) is 30.3 Å². The van der Waals surface area contributed by atoms with Gasteiger partial charge in [-0.05, 0) is 24.8 Å². The molecule has 8 heteroatoms. The van der Waals surface area contributed by atoms with Gasteiger partial charge in [0.2, 0.25) is 11.8 Å². The molecule has 2 atom stereocenters. The van der Waals surface area contributed by atoms with Gasteiger partial charge in [0, 0.05) is 45.3 Å². The van der Waals surface area contributed by atoms with Gasteiger partial charge in [-0.2, -0.15) is 0 Å². The molecule has 4 rings (SSSR count). The van der Waals surface area contributed by atoms with Crippen molar-refractivity contribution in [2.45, 2.75) is 37.0 Å². The summed E-state index contributed by atoms with van der Waals surface area (Å²) in [6.07, 6.45) is 2.24. The van der Waals surface area contributed by atoms with E-state index in [4.69, 9.17) is 4.74 Å². The summed E-state index contributed by atoms with van der Waals surface area (Å²) in [5, 5.41) is -0.578. The summed E-state index contributed by atoms with van der Waals surface area (Å²) in [4.78, 5) is 29.1. The van der Waals surface area contributed by atoms with Crippen LogP contribution in [-0.2, 0) is 24.2 Å². The topological polar surface area (TPSA) is 84.0 Å². The minimum atomic E-state index is -3.33. The van der Waals surface area contributed by atoms with Crippen LogP contribution < -0.4 is 0 Å². The fourth-order valence-corrected chi connectivity index (χ4v) is 6.51. The van der Waals surface area contributed by atoms with E-state index in [-0.39, 0.29) is 42.5 Å². The normalized spacial score (nSPS) is 28.3. The number of hydrogen-bond acceptors (Lipinski definition) is 5. The van der Waals surface area contributed by atoms with Crippen LogP contribution in [-0.4, -0.2) is 74.7 Å². The Morgan fingerprint density at radius 1 is 1.03 bits per heavy atom. The number of rotatable bonds is 3. The number of hydrogen-bond donors (Lipinski definition) is 0. The van der Waals surface area contributed by atoms with Crippen molar-refractivity contribution in [3.8, 4) is 0 Å². The van der Waals surface area contributed by atoms with Gasteiger partial charge in [-0.25, -0.2) is 8.42 Å². The molecule has 3 saturated heterocycles. The number of amides is 2. The van der Waals surface area contributed by atoms with E-state index < -0.39 is 15.1 Å². The van der Waals surface area contributed by atoms with Crippen molar-refractivity contribution in [3.63, 3.8) is 0 Å². The van der Waals surface area contributed by atoms with Gasteiger partial charge in [-0.15, -0.1) is 0 Å². The number of benzene rings is 1. The van der Waals surface area contributed by atoms with Gasteiger partial charge in [0.25, 0.3) is 0 Å². The molecule has 29 heavy (non-hydrogen) atoms. The third-order valence-electron chi connectivity index (χ3n) is 6.36. The first-order chi connectivity index (χ1) is 14.0. The van der Waals surface area contributed by atoms with Gasteiger partial charge < -0.3 is 14.5 Å². The minimum Gasteiger partial charge on any atom is -0.381 e. The number of likely N-dealkylation sites (tertiary alicyclic amines) is 1. The van der Waals surface area contributed by atoms with Crippen LogP contribution in [0.1, 0.15) is 36.5 Å². The molecule has 0 bridgehead atoms. The quantitative estimate of drug-likeness (QED) is 0.738. The summed E-state index contributed by atoms with van der Waals surface area (Å²) in [5.74, 6) is -0.471. The van der Waals surface area contributed by atoms with Crippen molar-refractivity contribution in [3.05, 3.63) is 35.9 Å². The third-order valence-corrected chi connectivity index (χ3v) is 8.49. The van der Waals surface area contributed by atoms with Gasteiger partial charge in [0.15, 0.2) is 9.84 Å². The van der Waals surface area contributed by atoms with Crippen LogP contribution in [0, 0.1) is 5.92 Å². The Morgan fingerprint density at radius 3 is 2.48 bits per heavy atom. The van der Waals surface area contributed by atoms with E-state index in [9.17, 15) is 18.0 Å². The number of carbonyl (C=O) groups excluding carboxylic acids is 2. The fraction of sp³-hybridized carbons (Fsp3) is 0.619. The van der Waals surface area contributed by atoms with Crippen LogP contribution in [0.2, 0.25) is 0 Å². The lowest BCUT2D eigenvalue weighted by atomic mass is 10.1. The van der Waals surface area contributed by atoms with Crippen LogP contribution in [0.3, 0.4) is 0 Å². The lowest BCUT2D eigenvalue weighted by molar-refractivity contribution is -0.135. The fourth-order valence-electron chi connectivity index (χ4n) is 4.71. The van der Waals surface area contributed by atoms with E-state index in [1.165, 1.54) is 0 Å². The Bertz CT molecular complexity index is 851. The Hall–Kier alpha value is -1.93. The molecule has 7 nitrogen and oxygen atoms in total. The largest absolute Gasteiger partial charge is 0.381 e. The molecule has 1 aromatic rings. The van der Waals surface area contributed by atoms with E-state index in [1.807, 2.05) is 35.2 Å². The number of sulfone groups is 1. The summed E-state index contributed by atoms with van der Waals surface area (Å²) < 4.78 is 31.0. The summed E-state index contributed by atoms with van der Waals surface area (Å²) in [7, 11) is -3.33. The summed E-state index contributed by atoms with van der Waals surface area (Å²) in [6, 6.07) is 9.37. The van der Waals surface area contributed by atoms with Crippen molar-refractivity contribution < 1.29 is 22.7 Å². The zero-order valence-corrected chi connectivity index (χ0v) is 17.4. The predicted octanol–water partition coefficient (Wildman–Crippen LogP) is 1.40. The van der Waals surface area contributed by atoms with Crippen LogP contribution in [0.25, 0.3) is 0 Å². The molecule has 0 saturated carbocycles. The molecule has 3 aliphatic rings. The molecule has 158 valence electrons. The standard InChI is InChI=1S/C21H28N2O5S/c24-20-14-17(15-23(20)18-7-11-28-12-8-18)21(25)22-9-6-19(29(26,27)13-10-22)16-4-2-1-3-5-16/h1-5,17-19H,6-15H2/t17-,19+/m0/s1. The second kappa shape index (κ2) is 8.44. The molecular formula is C21H28N2O5S. The van der Waals surface area contributed by atoms with Crippen molar-refractivity contribution in [1.29, 1.82) is 0 Å². The summed E-state index contributed by atoms with van der Waals surface area (Å²) >= 11 is 0. The number of ether oxygens (including phenoxy) is 1. The molecule has 3 fully saturated rings. The molecule has 3 aliphatic heterocycles. The molecule has 2 amide bonds. The second-order valence-electron chi connectivity index (χ2n) is 8.17. The van der Waals surface area contributed by atoms with E-state index in [2.05, 4.69) is 0 Å². The zero-order chi connectivity index (χ0) is 20.4. The molecule has 0 aromatic heterocycles. The zero-order valence-electron chi connectivity index (χ0n) is 16.5. The molecule has 1 aromatic carbocycles. The highest BCUT2D eigenvalue weighted by atomic mass is 32.2. The maximum absolute atomic E-state index is 13.1. The summed E-state index contributed by atoms with van der Waals surface area (Å²) in [5.41, 5.74) is 0.781. The first-order valence-corrected chi connectivity index (χ1v) is 12.1. The Morgan fingerprint density at radius 2 is 1.76 bits per heavy atom. The van der Waals surface area contributed by atoms with E-state index in [0.717, 1.165) is 18.4 Å². The van der Waals surface area contributed by atoms with E-state index >= 15 is 0 Å². The SMILES string of the molecule is O=C([C@H]1CC(=O)N(C2CCOCC2)C1)N1CC[C@H](c2ccccc2)S(=O)(=O)CC1. The van der Waals surface area contributed by atoms with Crippen molar-refractivity contribution in [2.75, 3.05) is 38.6 Å². The monoisotopic (exact) mass is 420 g/mol. The van der Waals surface area contributed by atoms with Crippen molar-refractivity contribution in [1.82, 2.24) is 9.80 Å². The lowest BCUT2D eigenvalue weighted by Crippen LogP contribution is -2.42. The highest BCUT2D eigenvalue weighted by molar-refractivity contribution is 7.91. The first kappa shape index (κ1) is 20.3. The van der Waals surface area contributed by atoms with E-state index in [0.29, 0.717) is 32.7 Å². The third kappa shape index (κ3) is 4.33. The highest BCUT2D eigenvalue weighted by Gasteiger charge is 2.41. The van der Waals surface area contributed by atoms with Crippen molar-refractivity contribution >= 4 is 21.7 Å². The Balaban J connectivity index is 1.43. The van der Waals surface area contributed by atoms with Gasteiger partial charge in [0.05, 0.1) is 16.9 Å². The molecule has 0 unspecified atom stereocenters. The van der Waals surface area contributed by atoms with Crippen LogP contribution in [0.4, 0.5) is 0 Å². The average molecular weight is 421 g/mol. The van der Waals surface area contributed by atoms with Gasteiger partial charge >= 0.3 is 0 Å². The van der Waals surface area contributed by atoms with Gasteiger partial charge in [-0.3, -0.25) is 9.59 Å². The molecule has 0 spiro atoms. The number of carbonyl (C=O) groups is 2. The minimum absolute atomic E-state index is 0.0276. The maximum atomic E-state index is 13.1. The lowest BCUT2D eigenvalue weighted by Gasteiger charge is -2.31. The van der Waals surface area contributed by atoms with Crippen LogP contribution >= 0.6 is 0 Å². The second-order valence-corrected chi connectivity index (χ2v) is 10.5. The summed E-state index contributed by atoms with van der Waals surface area (Å²) in [6.45, 7) is 2.34. The van der Waals surface area contributed by atoms with Crippen molar-refractivity contribution in [2.24, 2.45) is 5.92 Å². The van der Waals surface area contributed by atoms with Crippen LogP contribution in [0.5, 0.6) is 0 Å². The van der Waals surface area contributed by atoms with Gasteiger partial charge in [0.1, 0.15) is 0 Å². The molecule has 3 heterocycles. The highest BCUT2D eigenvalue weighted by Crippen LogP contribution is 2.31. The Kier molecular flexibility index (Phi) is 5.92. The van der Waals surface area contributed by atoms with E-state index in [1.54, 1.807) is 4.90 Å². The van der Waals surface area contributed by atoms with Crippen LogP contribution in [0.15, 0.2) is 30.3 Å². The number of nitrogens with zero attached hydrogens (tertiary/aromatic N) is 2. The maximum Gasteiger partial charge on any atom is 0.228 e. The molecule has 0 aliphatic carbocycles. The molecule has 0 N–H and O–H groups in total. The smallest absolute Gasteiger partial charge is 0.228 e. The first-order valence-electron chi connectivity index (χ1n) is 10.4.